The van der Waals surface area contributed by atoms with Gasteiger partial charge in [-0.1, -0.05) is 38.1 Å². The maximum Gasteiger partial charge on any atom is 0.258 e. The number of anilines is 1. The maximum absolute atomic E-state index is 13.8. The molecule has 0 spiro atoms. The summed E-state index contributed by atoms with van der Waals surface area (Å²) in [4.78, 5) is 20.9. The molecule has 37 heavy (non-hydrogen) atoms. The number of aromatic nitrogens is 2. The van der Waals surface area contributed by atoms with E-state index in [1.54, 1.807) is 0 Å². The molecule has 0 unspecified atom stereocenters. The van der Waals surface area contributed by atoms with Crippen LogP contribution < -0.4 is 16.0 Å². The number of rotatable bonds is 13. The summed E-state index contributed by atoms with van der Waals surface area (Å²) >= 11 is 0. The van der Waals surface area contributed by atoms with Crippen LogP contribution in [0.2, 0.25) is 0 Å². The molecule has 1 heterocycles. The van der Waals surface area contributed by atoms with Crippen LogP contribution in [0.3, 0.4) is 0 Å². The van der Waals surface area contributed by atoms with Crippen LogP contribution in [0.1, 0.15) is 47.3 Å². The van der Waals surface area contributed by atoms with Crippen LogP contribution in [0, 0.1) is 11.6 Å². The lowest BCUT2D eigenvalue weighted by molar-refractivity contribution is 0.0826. The molecule has 0 radical (unpaired) electrons. The van der Waals surface area contributed by atoms with E-state index in [9.17, 15) is 23.8 Å². The number of aromatic hydroxyl groups is 1. The molecule has 0 saturated heterocycles. The number of halogens is 2. The van der Waals surface area contributed by atoms with E-state index in [0.717, 1.165) is 36.6 Å². The van der Waals surface area contributed by atoms with Gasteiger partial charge in [0.15, 0.2) is 0 Å². The Kier molecular flexibility index (Phi) is 10.3. The Hall–Kier alpha value is -3.63. The van der Waals surface area contributed by atoms with Crippen LogP contribution in [-0.2, 0) is 19.4 Å². The molecule has 1 amide bonds. The Morgan fingerprint density at radius 3 is 2.46 bits per heavy atom. The van der Waals surface area contributed by atoms with E-state index in [1.165, 1.54) is 11.8 Å². The summed E-state index contributed by atoms with van der Waals surface area (Å²) < 4.78 is 27.6. The van der Waals surface area contributed by atoms with E-state index in [2.05, 4.69) is 38.9 Å². The molecule has 0 aliphatic heterocycles. The minimum Gasteiger partial charge on any atom is -0.493 e. The lowest BCUT2D eigenvalue weighted by Crippen LogP contribution is -2.48. The van der Waals surface area contributed by atoms with Crippen molar-refractivity contribution in [2.24, 2.45) is 0 Å². The van der Waals surface area contributed by atoms with Gasteiger partial charge in [-0.25, -0.2) is 13.8 Å². The second-order valence-corrected chi connectivity index (χ2v) is 8.79. The van der Waals surface area contributed by atoms with Gasteiger partial charge < -0.3 is 26.2 Å². The molecule has 0 saturated carbocycles. The summed E-state index contributed by atoms with van der Waals surface area (Å²) in [5, 5.41) is 29.9. The Morgan fingerprint density at radius 2 is 1.78 bits per heavy atom. The van der Waals surface area contributed by atoms with Crippen molar-refractivity contribution >= 4 is 11.9 Å². The van der Waals surface area contributed by atoms with Crippen molar-refractivity contribution in [3.05, 3.63) is 82.5 Å². The quantitative estimate of drug-likeness (QED) is 0.238. The largest absolute Gasteiger partial charge is 0.493 e. The van der Waals surface area contributed by atoms with Crippen LogP contribution in [-0.4, -0.2) is 51.3 Å². The van der Waals surface area contributed by atoms with Crippen LogP contribution >= 0.6 is 0 Å². The first kappa shape index (κ1) is 27.9. The first-order chi connectivity index (χ1) is 17.8. The Bertz CT molecular complexity index is 1170. The number of carbonyl (C=O) groups excluding carboxylic acids is 1. The molecule has 0 bridgehead atoms. The lowest BCUT2D eigenvalue weighted by Gasteiger charge is -2.25. The molecule has 0 fully saturated rings. The minimum atomic E-state index is -1.11. The highest BCUT2D eigenvalue weighted by Gasteiger charge is 2.25. The Morgan fingerprint density at radius 1 is 1.05 bits per heavy atom. The lowest BCUT2D eigenvalue weighted by atomic mass is 10.00. The molecule has 0 aliphatic rings. The predicted octanol–water partition coefficient (Wildman–Crippen LogP) is 3.34. The summed E-state index contributed by atoms with van der Waals surface area (Å²) in [6.07, 6.45) is 1.75. The highest BCUT2D eigenvalue weighted by Crippen LogP contribution is 2.17. The number of amides is 1. The van der Waals surface area contributed by atoms with Crippen molar-refractivity contribution < 1.29 is 23.8 Å². The number of benzene rings is 2. The fraction of sp³-hybridized carbons (Fsp3) is 0.370. The number of aliphatic hydroxyl groups excluding tert-OH is 1. The fourth-order valence-electron chi connectivity index (χ4n) is 3.83. The summed E-state index contributed by atoms with van der Waals surface area (Å²) in [7, 11) is 0. The number of aliphatic hydroxyl groups is 1. The molecule has 10 heteroatoms. The van der Waals surface area contributed by atoms with Gasteiger partial charge >= 0.3 is 0 Å². The van der Waals surface area contributed by atoms with Crippen LogP contribution in [0.25, 0.3) is 0 Å². The van der Waals surface area contributed by atoms with Crippen molar-refractivity contribution in [1.82, 2.24) is 20.6 Å². The molecule has 8 nitrogen and oxygen atoms in total. The average Bonchev–Trinajstić information content (AvgIpc) is 2.86. The van der Waals surface area contributed by atoms with Gasteiger partial charge in [-0.15, -0.1) is 0 Å². The van der Waals surface area contributed by atoms with Crippen LogP contribution in [0.5, 0.6) is 5.88 Å². The van der Waals surface area contributed by atoms with Crippen LogP contribution in [0.15, 0.2) is 48.7 Å². The SMILES string of the molecule is CCCNc1ncc(C(=O)N[C@@H](Cc2cc(F)cc(F)c2)[C@H](O)CNCc2cccc(CC)c2)c(O)n1. The van der Waals surface area contributed by atoms with Gasteiger partial charge in [-0.05, 0) is 48.1 Å². The topological polar surface area (TPSA) is 119 Å². The first-order valence-corrected chi connectivity index (χ1v) is 12.3. The average molecular weight is 514 g/mol. The van der Waals surface area contributed by atoms with E-state index < -0.39 is 35.6 Å². The van der Waals surface area contributed by atoms with Crippen LogP contribution in [0.4, 0.5) is 14.7 Å². The summed E-state index contributed by atoms with van der Waals surface area (Å²) in [5.41, 5.74) is 2.31. The van der Waals surface area contributed by atoms with Gasteiger partial charge in [0.1, 0.15) is 17.2 Å². The molecule has 3 rings (SSSR count). The third-order valence-corrected chi connectivity index (χ3v) is 5.79. The van der Waals surface area contributed by atoms with Crippen molar-refractivity contribution in [3.8, 4) is 5.88 Å². The van der Waals surface area contributed by atoms with E-state index in [1.807, 2.05) is 25.1 Å². The summed E-state index contributed by atoms with van der Waals surface area (Å²) in [6, 6.07) is 10.1. The van der Waals surface area contributed by atoms with E-state index >= 15 is 0 Å². The molecule has 0 aliphatic carbocycles. The second-order valence-electron chi connectivity index (χ2n) is 8.79. The van der Waals surface area contributed by atoms with E-state index in [0.29, 0.717) is 13.1 Å². The summed E-state index contributed by atoms with van der Waals surface area (Å²) in [6.45, 7) is 5.21. The van der Waals surface area contributed by atoms with E-state index in [-0.39, 0.29) is 30.0 Å². The van der Waals surface area contributed by atoms with Gasteiger partial charge in [0.05, 0.1) is 12.1 Å². The standard InChI is InChI=1S/C27H33F2N5O3/c1-3-8-31-27-32-15-22(26(37)34-27)25(36)33-23(12-19-10-20(28)13-21(29)11-19)24(35)16-30-14-18-7-5-6-17(4-2)9-18/h5-7,9-11,13,15,23-24,30,35H,3-4,8,12,14,16H2,1-2H3,(H,33,36)(H2,31,32,34,37)/t23-,24+/m0/s1. The maximum atomic E-state index is 13.8. The number of aryl methyl sites for hydroxylation is 1. The zero-order valence-corrected chi connectivity index (χ0v) is 21.0. The van der Waals surface area contributed by atoms with Gasteiger partial charge in [0, 0.05) is 31.9 Å². The molecule has 2 aromatic carbocycles. The fourth-order valence-corrected chi connectivity index (χ4v) is 3.83. The van der Waals surface area contributed by atoms with Crippen molar-refractivity contribution in [2.45, 2.75) is 51.8 Å². The van der Waals surface area contributed by atoms with Gasteiger partial charge in [0.25, 0.3) is 5.91 Å². The van der Waals surface area contributed by atoms with Gasteiger partial charge in [-0.2, -0.15) is 4.98 Å². The highest BCUT2D eigenvalue weighted by molar-refractivity contribution is 5.96. The van der Waals surface area contributed by atoms with Crippen molar-refractivity contribution in [1.29, 1.82) is 0 Å². The molecule has 3 aromatic rings. The molecule has 1 aromatic heterocycles. The zero-order chi connectivity index (χ0) is 26.8. The Labute approximate surface area is 215 Å². The molecule has 198 valence electrons. The minimum absolute atomic E-state index is 0.0493. The van der Waals surface area contributed by atoms with Crippen molar-refractivity contribution in [3.63, 3.8) is 0 Å². The number of nitrogens with one attached hydrogen (secondary N) is 3. The zero-order valence-electron chi connectivity index (χ0n) is 21.0. The Balaban J connectivity index is 1.73. The summed E-state index contributed by atoms with van der Waals surface area (Å²) in [5.74, 6) is -2.59. The smallest absolute Gasteiger partial charge is 0.258 e. The molecular formula is C27H33F2N5O3. The normalized spacial score (nSPS) is 12.7. The second kappa shape index (κ2) is 13.6. The number of hydrogen-bond donors (Lipinski definition) is 5. The third kappa shape index (κ3) is 8.47. The number of hydrogen-bond acceptors (Lipinski definition) is 7. The molecule has 2 atom stereocenters. The predicted molar refractivity (Wildman–Crippen MR) is 137 cm³/mol. The van der Waals surface area contributed by atoms with Gasteiger partial charge in [-0.3, -0.25) is 4.79 Å². The van der Waals surface area contributed by atoms with E-state index in [4.69, 9.17) is 0 Å². The number of carbonyl (C=O) groups is 1. The third-order valence-electron chi connectivity index (χ3n) is 5.79. The number of nitrogens with zero attached hydrogens (tertiary/aromatic N) is 2. The highest BCUT2D eigenvalue weighted by atomic mass is 19.1. The van der Waals surface area contributed by atoms with Gasteiger partial charge in [0.2, 0.25) is 11.8 Å². The van der Waals surface area contributed by atoms with Crippen molar-refractivity contribution in [2.75, 3.05) is 18.4 Å². The molecule has 5 N–H and O–H groups in total. The monoisotopic (exact) mass is 513 g/mol. The first-order valence-electron chi connectivity index (χ1n) is 12.3. The molecular weight excluding hydrogens is 480 g/mol.